The molecule has 122 valence electrons. The molecule has 2 aromatic carbocycles. The highest BCUT2D eigenvalue weighted by atomic mass is 19.1. The molecule has 0 bridgehead atoms. The molecular formula is C22H27F. The number of halogens is 1. The van der Waals surface area contributed by atoms with Crippen LogP contribution in [-0.2, 0) is 6.42 Å². The van der Waals surface area contributed by atoms with Crippen LogP contribution in [0.2, 0.25) is 0 Å². The molecule has 3 rings (SSSR count). The van der Waals surface area contributed by atoms with E-state index in [4.69, 9.17) is 0 Å². The summed E-state index contributed by atoms with van der Waals surface area (Å²) in [5.41, 5.74) is 4.01. The number of hydrogen-bond acceptors (Lipinski definition) is 0. The molecule has 0 aromatic heterocycles. The molecule has 0 aliphatic heterocycles. The van der Waals surface area contributed by atoms with Gasteiger partial charge in [0.1, 0.15) is 5.82 Å². The first-order valence-corrected chi connectivity index (χ1v) is 8.97. The summed E-state index contributed by atoms with van der Waals surface area (Å²) in [6, 6.07) is 13.9. The van der Waals surface area contributed by atoms with Crippen LogP contribution in [0.5, 0.6) is 0 Å². The molecule has 1 aliphatic carbocycles. The van der Waals surface area contributed by atoms with Crippen LogP contribution in [0.1, 0.15) is 50.2 Å². The summed E-state index contributed by atoms with van der Waals surface area (Å²) < 4.78 is 14.1. The minimum Gasteiger partial charge on any atom is -0.206 e. The van der Waals surface area contributed by atoms with Crippen molar-refractivity contribution in [2.45, 2.75) is 52.4 Å². The van der Waals surface area contributed by atoms with Gasteiger partial charge < -0.3 is 0 Å². The Hall–Kier alpha value is -1.63. The zero-order valence-corrected chi connectivity index (χ0v) is 14.3. The fraction of sp³-hybridized carbons (Fsp3) is 0.455. The van der Waals surface area contributed by atoms with E-state index in [9.17, 15) is 4.39 Å². The summed E-state index contributed by atoms with van der Waals surface area (Å²) in [5.74, 6) is 1.70. The Morgan fingerprint density at radius 1 is 0.957 bits per heavy atom. The van der Waals surface area contributed by atoms with Crippen molar-refractivity contribution in [2.24, 2.45) is 11.8 Å². The van der Waals surface area contributed by atoms with Gasteiger partial charge >= 0.3 is 0 Å². The molecule has 2 aromatic rings. The fourth-order valence-electron chi connectivity index (χ4n) is 3.69. The lowest BCUT2D eigenvalue weighted by molar-refractivity contribution is 0.278. The molecule has 0 unspecified atom stereocenters. The minimum absolute atomic E-state index is 0.130. The van der Waals surface area contributed by atoms with Gasteiger partial charge in [0.05, 0.1) is 0 Å². The van der Waals surface area contributed by atoms with Gasteiger partial charge in [0.2, 0.25) is 0 Å². The molecule has 1 fully saturated rings. The van der Waals surface area contributed by atoms with E-state index in [0.717, 1.165) is 29.4 Å². The molecule has 1 aliphatic rings. The van der Waals surface area contributed by atoms with Crippen LogP contribution in [-0.4, -0.2) is 0 Å². The number of rotatable bonds is 4. The fourth-order valence-corrected chi connectivity index (χ4v) is 3.69. The van der Waals surface area contributed by atoms with E-state index >= 15 is 0 Å². The maximum atomic E-state index is 14.1. The largest absolute Gasteiger partial charge is 0.206 e. The van der Waals surface area contributed by atoms with E-state index in [2.05, 4.69) is 31.2 Å². The third-order valence-corrected chi connectivity index (χ3v) is 5.37. The average molecular weight is 310 g/mol. The second-order valence-corrected chi connectivity index (χ2v) is 7.34. The van der Waals surface area contributed by atoms with Crippen molar-refractivity contribution >= 4 is 0 Å². The topological polar surface area (TPSA) is 0 Å². The van der Waals surface area contributed by atoms with Gasteiger partial charge in [0.25, 0.3) is 0 Å². The molecule has 0 atom stereocenters. The highest BCUT2D eigenvalue weighted by Crippen LogP contribution is 2.31. The van der Waals surface area contributed by atoms with Gasteiger partial charge in [-0.2, -0.15) is 0 Å². The van der Waals surface area contributed by atoms with Crippen LogP contribution < -0.4 is 0 Å². The van der Waals surface area contributed by atoms with Gasteiger partial charge in [-0.1, -0.05) is 69.0 Å². The first-order valence-electron chi connectivity index (χ1n) is 8.97. The molecule has 0 N–H and O–H groups in total. The quantitative estimate of drug-likeness (QED) is 0.600. The molecule has 0 spiro atoms. The first kappa shape index (κ1) is 16.2. The average Bonchev–Trinajstić information content (AvgIpc) is 2.55. The molecule has 23 heavy (non-hydrogen) atoms. The Kier molecular flexibility index (Phi) is 5.15. The van der Waals surface area contributed by atoms with Gasteiger partial charge in [-0.3, -0.25) is 0 Å². The SMILES string of the molecule is Cc1ccc(-c2ccc(CCC3CCC(C)CC3)cc2)c(F)c1. The molecule has 0 saturated heterocycles. The third-order valence-electron chi connectivity index (χ3n) is 5.37. The lowest BCUT2D eigenvalue weighted by atomic mass is 9.80. The van der Waals surface area contributed by atoms with E-state index in [1.165, 1.54) is 37.7 Å². The Morgan fingerprint density at radius 3 is 2.30 bits per heavy atom. The van der Waals surface area contributed by atoms with Gasteiger partial charge in [-0.05, 0) is 54.4 Å². The lowest BCUT2D eigenvalue weighted by Crippen LogP contribution is -2.12. The van der Waals surface area contributed by atoms with Gasteiger partial charge in [0, 0.05) is 5.56 Å². The summed E-state index contributed by atoms with van der Waals surface area (Å²) in [6.07, 6.45) is 8.04. The van der Waals surface area contributed by atoms with Crippen molar-refractivity contribution in [1.29, 1.82) is 0 Å². The second kappa shape index (κ2) is 7.29. The summed E-state index contributed by atoms with van der Waals surface area (Å²) in [5, 5.41) is 0. The standard InChI is InChI=1S/C22H27F/c1-16-3-6-18(7-4-16)8-9-19-10-12-20(13-11-19)21-14-5-17(2)15-22(21)23/h5,10-16,18H,3-4,6-9H2,1-2H3. The maximum absolute atomic E-state index is 14.1. The van der Waals surface area contributed by atoms with Crippen molar-refractivity contribution in [2.75, 3.05) is 0 Å². The predicted octanol–water partition coefficient (Wildman–Crippen LogP) is 6.56. The normalized spacial score (nSPS) is 21.3. The number of hydrogen-bond donors (Lipinski definition) is 0. The zero-order chi connectivity index (χ0) is 16.2. The second-order valence-electron chi connectivity index (χ2n) is 7.34. The van der Waals surface area contributed by atoms with Crippen LogP contribution >= 0.6 is 0 Å². The Morgan fingerprint density at radius 2 is 1.65 bits per heavy atom. The van der Waals surface area contributed by atoms with Gasteiger partial charge in [0.15, 0.2) is 0 Å². The smallest absolute Gasteiger partial charge is 0.131 e. The van der Waals surface area contributed by atoms with E-state index in [-0.39, 0.29) is 5.82 Å². The van der Waals surface area contributed by atoms with Crippen molar-refractivity contribution in [3.63, 3.8) is 0 Å². The summed E-state index contributed by atoms with van der Waals surface area (Å²) in [4.78, 5) is 0. The Labute approximate surface area is 139 Å². The van der Waals surface area contributed by atoms with Crippen LogP contribution in [0.15, 0.2) is 42.5 Å². The monoisotopic (exact) mass is 310 g/mol. The molecular weight excluding hydrogens is 283 g/mol. The van der Waals surface area contributed by atoms with Crippen LogP contribution in [0.25, 0.3) is 11.1 Å². The molecule has 0 heterocycles. The van der Waals surface area contributed by atoms with E-state index in [1.54, 1.807) is 6.07 Å². The van der Waals surface area contributed by atoms with E-state index in [1.807, 2.05) is 19.1 Å². The zero-order valence-electron chi connectivity index (χ0n) is 14.3. The molecule has 0 radical (unpaired) electrons. The molecule has 1 heteroatoms. The van der Waals surface area contributed by atoms with E-state index in [0.29, 0.717) is 5.56 Å². The Bertz CT molecular complexity index is 634. The molecule has 0 nitrogen and oxygen atoms in total. The van der Waals surface area contributed by atoms with Crippen LogP contribution in [0, 0.1) is 24.6 Å². The van der Waals surface area contributed by atoms with Gasteiger partial charge in [-0.15, -0.1) is 0 Å². The predicted molar refractivity (Wildman–Crippen MR) is 96.0 cm³/mol. The highest BCUT2D eigenvalue weighted by Gasteiger charge is 2.17. The van der Waals surface area contributed by atoms with Crippen LogP contribution in [0.4, 0.5) is 4.39 Å². The summed E-state index contributed by atoms with van der Waals surface area (Å²) >= 11 is 0. The van der Waals surface area contributed by atoms with E-state index < -0.39 is 0 Å². The first-order chi connectivity index (χ1) is 11.1. The van der Waals surface area contributed by atoms with Crippen molar-refractivity contribution < 1.29 is 4.39 Å². The molecule has 0 amide bonds. The summed E-state index contributed by atoms with van der Waals surface area (Å²) in [7, 11) is 0. The minimum atomic E-state index is -0.130. The van der Waals surface area contributed by atoms with Crippen molar-refractivity contribution in [1.82, 2.24) is 0 Å². The number of benzene rings is 2. The molecule has 1 saturated carbocycles. The highest BCUT2D eigenvalue weighted by molar-refractivity contribution is 5.64. The summed E-state index contributed by atoms with van der Waals surface area (Å²) in [6.45, 7) is 4.29. The Balaban J connectivity index is 1.61. The third kappa shape index (κ3) is 4.22. The van der Waals surface area contributed by atoms with Crippen molar-refractivity contribution in [3.05, 3.63) is 59.4 Å². The maximum Gasteiger partial charge on any atom is 0.131 e. The van der Waals surface area contributed by atoms with Crippen LogP contribution in [0.3, 0.4) is 0 Å². The van der Waals surface area contributed by atoms with Crippen molar-refractivity contribution in [3.8, 4) is 11.1 Å². The lowest BCUT2D eigenvalue weighted by Gasteiger charge is -2.26. The number of aryl methyl sites for hydroxylation is 2. The van der Waals surface area contributed by atoms with Gasteiger partial charge in [-0.25, -0.2) is 4.39 Å².